The highest BCUT2D eigenvalue weighted by atomic mass is 32.1. The molecule has 0 radical (unpaired) electrons. The minimum atomic E-state index is -0.364. The summed E-state index contributed by atoms with van der Waals surface area (Å²) >= 11 is 1.59. The number of nitrogens with zero attached hydrogens (tertiary/aromatic N) is 1. The van der Waals surface area contributed by atoms with Crippen molar-refractivity contribution in [1.29, 1.82) is 0 Å². The van der Waals surface area contributed by atoms with Gasteiger partial charge in [0.25, 0.3) is 0 Å². The Hall–Kier alpha value is -0.420. The first kappa shape index (κ1) is 11.7. The lowest BCUT2D eigenvalue weighted by Crippen LogP contribution is -2.29. The molecule has 3 nitrogen and oxygen atoms in total. The largest absolute Gasteiger partial charge is 0.386 e. The van der Waals surface area contributed by atoms with Crippen LogP contribution in [0.5, 0.6) is 0 Å². The highest BCUT2D eigenvalue weighted by molar-refractivity contribution is 7.10. The molecule has 0 saturated carbocycles. The summed E-state index contributed by atoms with van der Waals surface area (Å²) < 4.78 is 0. The van der Waals surface area contributed by atoms with Crippen molar-refractivity contribution in [2.45, 2.75) is 6.10 Å². The van der Waals surface area contributed by atoms with Crippen LogP contribution in [0.3, 0.4) is 0 Å². The van der Waals surface area contributed by atoms with E-state index in [1.54, 1.807) is 11.3 Å². The van der Waals surface area contributed by atoms with E-state index in [1.807, 2.05) is 31.6 Å². The average molecular weight is 214 g/mol. The van der Waals surface area contributed by atoms with Gasteiger partial charge in [0.15, 0.2) is 0 Å². The molecular formula is C10H18N2OS. The standard InChI is InChI=1S/C10H18N2OS/c1-12(2)6-5-11-8-9(13)10-4-3-7-14-10/h3-4,7,9,11,13H,5-6,8H2,1-2H3. The average Bonchev–Trinajstić information content (AvgIpc) is 2.64. The fourth-order valence-corrected chi connectivity index (χ4v) is 1.83. The number of hydrogen-bond acceptors (Lipinski definition) is 4. The van der Waals surface area contributed by atoms with Gasteiger partial charge in [0.1, 0.15) is 6.10 Å². The second kappa shape index (κ2) is 6.14. The van der Waals surface area contributed by atoms with Crippen molar-refractivity contribution in [2.75, 3.05) is 33.7 Å². The number of nitrogens with one attached hydrogen (secondary N) is 1. The first-order chi connectivity index (χ1) is 6.70. The van der Waals surface area contributed by atoms with Crippen molar-refractivity contribution in [3.8, 4) is 0 Å². The Balaban J connectivity index is 2.13. The molecule has 1 aromatic rings. The van der Waals surface area contributed by atoms with E-state index in [-0.39, 0.29) is 6.10 Å². The SMILES string of the molecule is CN(C)CCNCC(O)c1cccs1. The second-order valence-electron chi connectivity index (χ2n) is 3.54. The van der Waals surface area contributed by atoms with Crippen molar-refractivity contribution >= 4 is 11.3 Å². The van der Waals surface area contributed by atoms with E-state index in [0.717, 1.165) is 18.0 Å². The zero-order chi connectivity index (χ0) is 10.4. The van der Waals surface area contributed by atoms with Crippen molar-refractivity contribution in [3.05, 3.63) is 22.4 Å². The highest BCUT2D eigenvalue weighted by Crippen LogP contribution is 2.17. The molecule has 1 atom stereocenters. The molecule has 1 aromatic heterocycles. The maximum absolute atomic E-state index is 9.71. The van der Waals surface area contributed by atoms with E-state index in [0.29, 0.717) is 6.54 Å². The monoisotopic (exact) mass is 214 g/mol. The maximum Gasteiger partial charge on any atom is 0.101 e. The molecule has 0 spiro atoms. The minimum absolute atomic E-state index is 0.364. The summed E-state index contributed by atoms with van der Waals surface area (Å²) in [6.07, 6.45) is -0.364. The van der Waals surface area contributed by atoms with Crippen LogP contribution in [0, 0.1) is 0 Å². The number of aliphatic hydroxyl groups is 1. The summed E-state index contributed by atoms with van der Waals surface area (Å²) in [6.45, 7) is 2.54. The molecule has 0 aliphatic rings. The van der Waals surface area contributed by atoms with Crippen LogP contribution in [-0.4, -0.2) is 43.7 Å². The molecule has 2 N–H and O–H groups in total. The fourth-order valence-electron chi connectivity index (χ4n) is 1.12. The van der Waals surface area contributed by atoms with E-state index < -0.39 is 0 Å². The molecular weight excluding hydrogens is 196 g/mol. The van der Waals surface area contributed by atoms with Gasteiger partial charge >= 0.3 is 0 Å². The van der Waals surface area contributed by atoms with Crippen molar-refractivity contribution in [2.24, 2.45) is 0 Å². The molecule has 1 unspecified atom stereocenters. The molecule has 80 valence electrons. The first-order valence-corrected chi connectivity index (χ1v) is 5.65. The van der Waals surface area contributed by atoms with Crippen molar-refractivity contribution < 1.29 is 5.11 Å². The summed E-state index contributed by atoms with van der Waals surface area (Å²) in [5, 5.41) is 14.9. The van der Waals surface area contributed by atoms with Crippen LogP contribution in [0.4, 0.5) is 0 Å². The van der Waals surface area contributed by atoms with Crippen LogP contribution in [0.25, 0.3) is 0 Å². The summed E-state index contributed by atoms with van der Waals surface area (Å²) in [7, 11) is 4.08. The van der Waals surface area contributed by atoms with Gasteiger partial charge in [-0.2, -0.15) is 0 Å². The molecule has 0 bridgehead atoms. The smallest absolute Gasteiger partial charge is 0.101 e. The predicted octanol–water partition coefficient (Wildman–Crippen LogP) is 0.933. The van der Waals surface area contributed by atoms with E-state index in [2.05, 4.69) is 10.2 Å². The number of thiophene rings is 1. The van der Waals surface area contributed by atoms with Crippen molar-refractivity contribution in [1.82, 2.24) is 10.2 Å². The normalized spacial score (nSPS) is 13.4. The summed E-state index contributed by atoms with van der Waals surface area (Å²) in [6, 6.07) is 3.92. The van der Waals surface area contributed by atoms with Gasteiger partial charge < -0.3 is 15.3 Å². The zero-order valence-corrected chi connectivity index (χ0v) is 9.55. The lowest BCUT2D eigenvalue weighted by Gasteiger charge is -2.12. The van der Waals surface area contributed by atoms with Gasteiger partial charge in [0, 0.05) is 24.5 Å². The molecule has 0 aromatic carbocycles. The fraction of sp³-hybridized carbons (Fsp3) is 0.600. The molecule has 14 heavy (non-hydrogen) atoms. The van der Waals surface area contributed by atoms with E-state index in [4.69, 9.17) is 0 Å². The lowest BCUT2D eigenvalue weighted by atomic mass is 10.3. The molecule has 1 rings (SSSR count). The summed E-state index contributed by atoms with van der Waals surface area (Å²) in [5.74, 6) is 0. The van der Waals surface area contributed by atoms with Gasteiger partial charge in [-0.1, -0.05) is 6.07 Å². The summed E-state index contributed by atoms with van der Waals surface area (Å²) in [4.78, 5) is 3.15. The number of likely N-dealkylation sites (N-methyl/N-ethyl adjacent to an activating group) is 1. The van der Waals surface area contributed by atoms with Crippen LogP contribution in [0.2, 0.25) is 0 Å². The lowest BCUT2D eigenvalue weighted by molar-refractivity contribution is 0.177. The van der Waals surface area contributed by atoms with Crippen LogP contribution in [0.1, 0.15) is 11.0 Å². The van der Waals surface area contributed by atoms with E-state index in [1.165, 1.54) is 0 Å². The molecule has 4 heteroatoms. The molecule has 1 heterocycles. The van der Waals surface area contributed by atoms with E-state index >= 15 is 0 Å². The predicted molar refractivity (Wildman–Crippen MR) is 60.7 cm³/mol. The summed E-state index contributed by atoms with van der Waals surface area (Å²) in [5.41, 5.74) is 0. The molecule has 0 fully saturated rings. The Morgan fingerprint density at radius 1 is 1.57 bits per heavy atom. The number of rotatable bonds is 6. The zero-order valence-electron chi connectivity index (χ0n) is 8.73. The van der Waals surface area contributed by atoms with Gasteiger partial charge in [-0.15, -0.1) is 11.3 Å². The van der Waals surface area contributed by atoms with Gasteiger partial charge in [-0.25, -0.2) is 0 Å². The third-order valence-electron chi connectivity index (χ3n) is 1.95. The van der Waals surface area contributed by atoms with Gasteiger partial charge in [0.05, 0.1) is 0 Å². The van der Waals surface area contributed by atoms with Gasteiger partial charge in [-0.05, 0) is 25.5 Å². The minimum Gasteiger partial charge on any atom is -0.386 e. The number of aliphatic hydroxyl groups excluding tert-OH is 1. The third-order valence-corrected chi connectivity index (χ3v) is 2.92. The Kier molecular flexibility index (Phi) is 5.11. The molecule has 0 aliphatic heterocycles. The van der Waals surface area contributed by atoms with Gasteiger partial charge in [-0.3, -0.25) is 0 Å². The van der Waals surface area contributed by atoms with Crippen molar-refractivity contribution in [3.63, 3.8) is 0 Å². The quantitative estimate of drug-likeness (QED) is 0.692. The maximum atomic E-state index is 9.71. The highest BCUT2D eigenvalue weighted by Gasteiger charge is 2.06. The van der Waals surface area contributed by atoms with Gasteiger partial charge in [0.2, 0.25) is 0 Å². The van der Waals surface area contributed by atoms with Crippen LogP contribution >= 0.6 is 11.3 Å². The topological polar surface area (TPSA) is 35.5 Å². The van der Waals surface area contributed by atoms with Crippen LogP contribution in [0.15, 0.2) is 17.5 Å². The Morgan fingerprint density at radius 2 is 2.36 bits per heavy atom. The second-order valence-corrected chi connectivity index (χ2v) is 4.52. The van der Waals surface area contributed by atoms with Crippen LogP contribution < -0.4 is 5.32 Å². The first-order valence-electron chi connectivity index (χ1n) is 4.77. The number of hydrogen-bond donors (Lipinski definition) is 2. The Labute approximate surface area is 89.4 Å². The van der Waals surface area contributed by atoms with Crippen LogP contribution in [-0.2, 0) is 0 Å². The molecule has 0 aliphatic carbocycles. The third kappa shape index (κ3) is 4.19. The molecule has 0 amide bonds. The van der Waals surface area contributed by atoms with E-state index in [9.17, 15) is 5.11 Å². The Bertz CT molecular complexity index is 236. The Morgan fingerprint density at radius 3 is 2.93 bits per heavy atom. The molecule has 0 saturated heterocycles.